The van der Waals surface area contributed by atoms with Gasteiger partial charge in [0, 0.05) is 5.56 Å². The summed E-state index contributed by atoms with van der Waals surface area (Å²) in [4.78, 5) is 11.4. The van der Waals surface area contributed by atoms with Gasteiger partial charge >= 0.3 is 0 Å². The molecule has 0 saturated carbocycles. The van der Waals surface area contributed by atoms with Crippen molar-refractivity contribution in [3.63, 3.8) is 0 Å². The second-order valence-electron chi connectivity index (χ2n) is 4.77. The molecular formula is C13H16O. The molecule has 1 aliphatic carbocycles. The standard InChI is InChI=1S/C13H16O/c1-9(14)10-5-4-6-12-11(10)7-8-13(12,2)3/h4-6H,7-8H2,1-3H3. The first-order valence-electron chi connectivity index (χ1n) is 5.16. The molecule has 0 spiro atoms. The molecule has 0 unspecified atom stereocenters. The zero-order valence-corrected chi connectivity index (χ0v) is 9.05. The van der Waals surface area contributed by atoms with E-state index in [1.54, 1.807) is 6.92 Å². The van der Waals surface area contributed by atoms with Crippen LogP contribution in [0.1, 0.15) is 48.7 Å². The average molecular weight is 188 g/mol. The third-order valence-electron chi connectivity index (χ3n) is 3.28. The van der Waals surface area contributed by atoms with Crippen molar-refractivity contribution >= 4 is 5.78 Å². The van der Waals surface area contributed by atoms with Crippen LogP contribution in [0, 0.1) is 0 Å². The zero-order chi connectivity index (χ0) is 10.3. The maximum absolute atomic E-state index is 11.4. The van der Waals surface area contributed by atoms with Gasteiger partial charge in [0.15, 0.2) is 5.78 Å². The van der Waals surface area contributed by atoms with Crippen molar-refractivity contribution in [2.24, 2.45) is 0 Å². The van der Waals surface area contributed by atoms with Crippen LogP contribution in [-0.2, 0) is 11.8 Å². The van der Waals surface area contributed by atoms with Crippen molar-refractivity contribution < 1.29 is 4.79 Å². The normalized spacial score (nSPS) is 17.9. The number of benzene rings is 1. The molecule has 0 aromatic heterocycles. The predicted molar refractivity (Wildman–Crippen MR) is 57.8 cm³/mol. The zero-order valence-electron chi connectivity index (χ0n) is 9.05. The van der Waals surface area contributed by atoms with Gasteiger partial charge in [0.1, 0.15) is 0 Å². The Morgan fingerprint density at radius 3 is 2.71 bits per heavy atom. The van der Waals surface area contributed by atoms with Gasteiger partial charge < -0.3 is 0 Å². The molecule has 1 aliphatic rings. The van der Waals surface area contributed by atoms with E-state index in [-0.39, 0.29) is 11.2 Å². The fourth-order valence-electron chi connectivity index (χ4n) is 2.39. The fraction of sp³-hybridized carbons (Fsp3) is 0.462. The van der Waals surface area contributed by atoms with E-state index < -0.39 is 0 Å². The maximum Gasteiger partial charge on any atom is 0.160 e. The topological polar surface area (TPSA) is 17.1 Å². The minimum absolute atomic E-state index is 0.194. The number of hydrogen-bond acceptors (Lipinski definition) is 1. The van der Waals surface area contributed by atoms with Crippen LogP contribution in [0.4, 0.5) is 0 Å². The van der Waals surface area contributed by atoms with Crippen molar-refractivity contribution in [2.45, 2.75) is 39.0 Å². The molecule has 0 bridgehead atoms. The molecule has 0 N–H and O–H groups in total. The van der Waals surface area contributed by atoms with Crippen LogP contribution in [0.25, 0.3) is 0 Å². The molecule has 1 aromatic carbocycles. The molecule has 0 saturated heterocycles. The number of hydrogen-bond donors (Lipinski definition) is 0. The highest BCUT2D eigenvalue weighted by Crippen LogP contribution is 2.39. The first-order chi connectivity index (χ1) is 6.52. The third kappa shape index (κ3) is 1.28. The minimum Gasteiger partial charge on any atom is -0.295 e. The van der Waals surface area contributed by atoms with Crippen LogP contribution in [0.3, 0.4) is 0 Å². The number of rotatable bonds is 1. The number of carbonyl (C=O) groups is 1. The van der Waals surface area contributed by atoms with Gasteiger partial charge in [0.2, 0.25) is 0 Å². The molecular weight excluding hydrogens is 172 g/mol. The van der Waals surface area contributed by atoms with Gasteiger partial charge in [-0.15, -0.1) is 0 Å². The molecule has 74 valence electrons. The summed E-state index contributed by atoms with van der Waals surface area (Å²) < 4.78 is 0. The number of fused-ring (bicyclic) bond motifs is 1. The van der Waals surface area contributed by atoms with Crippen molar-refractivity contribution in [3.05, 3.63) is 34.9 Å². The van der Waals surface area contributed by atoms with Crippen LogP contribution >= 0.6 is 0 Å². The summed E-state index contributed by atoms with van der Waals surface area (Å²) in [5.41, 5.74) is 3.82. The lowest BCUT2D eigenvalue weighted by atomic mass is 9.86. The Morgan fingerprint density at radius 2 is 2.07 bits per heavy atom. The molecule has 0 heterocycles. The molecule has 0 fully saturated rings. The second kappa shape index (κ2) is 2.94. The highest BCUT2D eigenvalue weighted by molar-refractivity contribution is 5.96. The van der Waals surface area contributed by atoms with E-state index in [1.807, 2.05) is 12.1 Å². The second-order valence-corrected chi connectivity index (χ2v) is 4.77. The summed E-state index contributed by atoms with van der Waals surface area (Å²) in [6, 6.07) is 6.11. The Bertz CT molecular complexity index is 388. The molecule has 1 heteroatoms. The van der Waals surface area contributed by atoms with E-state index in [9.17, 15) is 4.79 Å². The number of ketones is 1. The monoisotopic (exact) mass is 188 g/mol. The number of carbonyl (C=O) groups excluding carboxylic acids is 1. The highest BCUT2D eigenvalue weighted by Gasteiger charge is 2.31. The molecule has 2 rings (SSSR count). The van der Waals surface area contributed by atoms with Crippen LogP contribution in [0.15, 0.2) is 18.2 Å². The van der Waals surface area contributed by atoms with E-state index in [1.165, 1.54) is 11.1 Å². The van der Waals surface area contributed by atoms with Crippen LogP contribution in [0.2, 0.25) is 0 Å². The van der Waals surface area contributed by atoms with Gasteiger partial charge in [-0.05, 0) is 36.3 Å². The first kappa shape index (κ1) is 9.45. The summed E-state index contributed by atoms with van der Waals surface area (Å²) in [7, 11) is 0. The van der Waals surface area contributed by atoms with Gasteiger partial charge in [-0.1, -0.05) is 32.0 Å². The van der Waals surface area contributed by atoms with Gasteiger partial charge in [-0.2, -0.15) is 0 Å². The summed E-state index contributed by atoms with van der Waals surface area (Å²) >= 11 is 0. The fourth-order valence-corrected chi connectivity index (χ4v) is 2.39. The SMILES string of the molecule is CC(=O)c1cccc2c1CCC2(C)C. The highest BCUT2D eigenvalue weighted by atomic mass is 16.1. The molecule has 0 atom stereocenters. The van der Waals surface area contributed by atoms with Crippen molar-refractivity contribution in [3.8, 4) is 0 Å². The molecule has 0 aliphatic heterocycles. The van der Waals surface area contributed by atoms with Crippen LogP contribution < -0.4 is 0 Å². The van der Waals surface area contributed by atoms with Gasteiger partial charge in [0.05, 0.1) is 0 Å². The van der Waals surface area contributed by atoms with Crippen molar-refractivity contribution in [2.75, 3.05) is 0 Å². The van der Waals surface area contributed by atoms with E-state index >= 15 is 0 Å². The number of Topliss-reactive ketones (excluding diaryl/α,β-unsaturated/α-hetero) is 1. The van der Waals surface area contributed by atoms with Gasteiger partial charge in [-0.3, -0.25) is 4.79 Å². The molecule has 0 radical (unpaired) electrons. The third-order valence-corrected chi connectivity index (χ3v) is 3.28. The van der Waals surface area contributed by atoms with E-state index in [2.05, 4.69) is 19.9 Å². The molecule has 1 aromatic rings. The quantitative estimate of drug-likeness (QED) is 0.619. The van der Waals surface area contributed by atoms with Crippen LogP contribution in [0.5, 0.6) is 0 Å². The largest absolute Gasteiger partial charge is 0.295 e. The van der Waals surface area contributed by atoms with Gasteiger partial charge in [-0.25, -0.2) is 0 Å². The average Bonchev–Trinajstić information content (AvgIpc) is 2.42. The van der Waals surface area contributed by atoms with E-state index in [0.717, 1.165) is 18.4 Å². The van der Waals surface area contributed by atoms with Crippen molar-refractivity contribution in [1.29, 1.82) is 0 Å². The minimum atomic E-state index is 0.194. The summed E-state index contributed by atoms with van der Waals surface area (Å²) in [6.45, 7) is 6.16. The first-order valence-corrected chi connectivity index (χ1v) is 5.16. The summed E-state index contributed by atoms with van der Waals surface area (Å²) in [5, 5.41) is 0. The Morgan fingerprint density at radius 1 is 1.36 bits per heavy atom. The lowest BCUT2D eigenvalue weighted by Gasteiger charge is -2.18. The Kier molecular flexibility index (Phi) is 1.99. The summed E-state index contributed by atoms with van der Waals surface area (Å²) in [6.07, 6.45) is 2.21. The van der Waals surface area contributed by atoms with Crippen molar-refractivity contribution in [1.82, 2.24) is 0 Å². The van der Waals surface area contributed by atoms with E-state index in [4.69, 9.17) is 0 Å². The van der Waals surface area contributed by atoms with E-state index in [0.29, 0.717) is 0 Å². The Labute approximate surface area is 85.1 Å². The molecule has 14 heavy (non-hydrogen) atoms. The smallest absolute Gasteiger partial charge is 0.160 e. The maximum atomic E-state index is 11.4. The predicted octanol–water partition coefficient (Wildman–Crippen LogP) is 3.11. The lowest BCUT2D eigenvalue weighted by molar-refractivity contribution is 0.101. The summed E-state index contributed by atoms with van der Waals surface area (Å²) in [5.74, 6) is 0.194. The molecule has 0 amide bonds. The lowest BCUT2D eigenvalue weighted by Crippen LogP contribution is -2.12. The van der Waals surface area contributed by atoms with Crippen LogP contribution in [-0.4, -0.2) is 5.78 Å². The van der Waals surface area contributed by atoms with Gasteiger partial charge in [0.25, 0.3) is 0 Å². The molecule has 1 nitrogen and oxygen atoms in total. The Balaban J connectivity index is 2.61. The Hall–Kier alpha value is -1.11.